The standard InChI is InChI=1S/C15H21ClN2O2/c1-18(10-14(19)12-6-7-12)15(20)17-9-8-11-4-2-3-5-13(11)16/h2-5,12,14,19H,6-10H2,1H3,(H,17,20). The molecule has 4 nitrogen and oxygen atoms in total. The first-order valence-corrected chi connectivity index (χ1v) is 7.36. The molecule has 1 aliphatic rings. The normalized spacial score (nSPS) is 15.8. The number of nitrogens with zero attached hydrogens (tertiary/aromatic N) is 1. The molecule has 110 valence electrons. The lowest BCUT2D eigenvalue weighted by atomic mass is 10.1. The fraction of sp³-hybridized carbons (Fsp3) is 0.533. The summed E-state index contributed by atoms with van der Waals surface area (Å²) in [4.78, 5) is 13.4. The molecule has 0 heterocycles. The SMILES string of the molecule is CN(CC(O)C1CC1)C(=O)NCCc1ccccc1Cl. The maximum atomic E-state index is 11.9. The molecule has 0 saturated heterocycles. The van der Waals surface area contributed by atoms with Gasteiger partial charge >= 0.3 is 6.03 Å². The number of halogens is 1. The lowest BCUT2D eigenvalue weighted by molar-refractivity contribution is 0.113. The van der Waals surface area contributed by atoms with Crippen molar-refractivity contribution in [2.24, 2.45) is 5.92 Å². The number of aliphatic hydroxyl groups excluding tert-OH is 1. The van der Waals surface area contributed by atoms with Crippen molar-refractivity contribution in [1.29, 1.82) is 0 Å². The molecule has 5 heteroatoms. The molecule has 2 N–H and O–H groups in total. The summed E-state index contributed by atoms with van der Waals surface area (Å²) < 4.78 is 0. The molecule has 1 aromatic carbocycles. The van der Waals surface area contributed by atoms with Crippen molar-refractivity contribution in [3.63, 3.8) is 0 Å². The Balaban J connectivity index is 1.70. The van der Waals surface area contributed by atoms with Crippen molar-refractivity contribution in [3.8, 4) is 0 Å². The van der Waals surface area contributed by atoms with E-state index in [0.29, 0.717) is 25.4 Å². The molecule has 0 bridgehead atoms. The summed E-state index contributed by atoms with van der Waals surface area (Å²) in [6.07, 6.45) is 2.45. The summed E-state index contributed by atoms with van der Waals surface area (Å²) in [5.74, 6) is 0.383. The minimum absolute atomic E-state index is 0.156. The zero-order valence-corrected chi connectivity index (χ0v) is 12.4. The van der Waals surface area contributed by atoms with E-state index in [4.69, 9.17) is 11.6 Å². The van der Waals surface area contributed by atoms with Crippen molar-refractivity contribution in [2.75, 3.05) is 20.1 Å². The maximum absolute atomic E-state index is 11.9. The molecule has 2 rings (SSSR count). The summed E-state index contributed by atoms with van der Waals surface area (Å²) in [6.45, 7) is 0.926. The molecule has 1 unspecified atom stereocenters. The molecule has 1 aliphatic carbocycles. The van der Waals surface area contributed by atoms with E-state index in [-0.39, 0.29) is 6.03 Å². The number of aliphatic hydroxyl groups is 1. The highest BCUT2D eigenvalue weighted by molar-refractivity contribution is 6.31. The van der Waals surface area contributed by atoms with Crippen LogP contribution < -0.4 is 5.32 Å². The molecule has 0 spiro atoms. The highest BCUT2D eigenvalue weighted by Gasteiger charge is 2.31. The molecule has 1 atom stereocenters. The molecular formula is C15H21ClN2O2. The average Bonchev–Trinajstić information content (AvgIpc) is 3.25. The number of hydrogen-bond acceptors (Lipinski definition) is 2. The molecule has 0 aromatic heterocycles. The number of hydrogen-bond donors (Lipinski definition) is 2. The van der Waals surface area contributed by atoms with Crippen molar-refractivity contribution >= 4 is 17.6 Å². The first-order valence-electron chi connectivity index (χ1n) is 6.98. The van der Waals surface area contributed by atoms with E-state index in [1.54, 1.807) is 7.05 Å². The zero-order chi connectivity index (χ0) is 14.5. The van der Waals surface area contributed by atoms with Crippen LogP contribution in [-0.4, -0.2) is 42.3 Å². The van der Waals surface area contributed by atoms with Gasteiger partial charge in [0.15, 0.2) is 0 Å². The van der Waals surface area contributed by atoms with Crippen LogP contribution in [0.1, 0.15) is 18.4 Å². The zero-order valence-electron chi connectivity index (χ0n) is 11.7. The minimum Gasteiger partial charge on any atom is -0.391 e. The Morgan fingerprint density at radius 1 is 1.50 bits per heavy atom. The minimum atomic E-state index is -0.394. The van der Waals surface area contributed by atoms with Crippen LogP contribution in [0, 0.1) is 5.92 Å². The quantitative estimate of drug-likeness (QED) is 0.846. The Hall–Kier alpha value is -1.26. The number of carbonyl (C=O) groups excluding carboxylic acids is 1. The molecule has 0 radical (unpaired) electrons. The first kappa shape index (κ1) is 15.1. The van der Waals surface area contributed by atoms with Gasteiger partial charge in [-0.25, -0.2) is 4.79 Å². The Morgan fingerprint density at radius 2 is 2.20 bits per heavy atom. The highest BCUT2D eigenvalue weighted by atomic mass is 35.5. The third-order valence-electron chi connectivity index (χ3n) is 3.60. The van der Waals surface area contributed by atoms with E-state index in [0.717, 1.165) is 23.4 Å². The van der Waals surface area contributed by atoms with Crippen molar-refractivity contribution in [2.45, 2.75) is 25.4 Å². The van der Waals surface area contributed by atoms with Crippen LogP contribution in [-0.2, 0) is 6.42 Å². The van der Waals surface area contributed by atoms with Crippen LogP contribution in [0.4, 0.5) is 4.79 Å². The maximum Gasteiger partial charge on any atom is 0.317 e. The fourth-order valence-corrected chi connectivity index (χ4v) is 2.36. The van der Waals surface area contributed by atoms with Gasteiger partial charge in [0.25, 0.3) is 0 Å². The van der Waals surface area contributed by atoms with Crippen molar-refractivity contribution in [3.05, 3.63) is 34.9 Å². The molecule has 1 fully saturated rings. The molecule has 2 amide bonds. The Bertz CT molecular complexity index is 463. The Kier molecular flexibility index (Phi) is 5.26. The van der Waals surface area contributed by atoms with Crippen LogP contribution in [0.3, 0.4) is 0 Å². The van der Waals surface area contributed by atoms with Gasteiger partial charge in [0.1, 0.15) is 0 Å². The van der Waals surface area contributed by atoms with Crippen molar-refractivity contribution < 1.29 is 9.90 Å². The first-order chi connectivity index (χ1) is 9.58. The van der Waals surface area contributed by atoms with Crippen LogP contribution >= 0.6 is 11.6 Å². The second-order valence-electron chi connectivity index (χ2n) is 5.36. The van der Waals surface area contributed by atoms with Gasteiger partial charge < -0.3 is 15.3 Å². The second-order valence-corrected chi connectivity index (χ2v) is 5.77. The van der Waals surface area contributed by atoms with Gasteiger partial charge in [0.05, 0.1) is 6.10 Å². The number of benzene rings is 1. The smallest absolute Gasteiger partial charge is 0.317 e. The van der Waals surface area contributed by atoms with E-state index >= 15 is 0 Å². The summed E-state index contributed by atoms with van der Waals surface area (Å²) >= 11 is 6.06. The van der Waals surface area contributed by atoms with E-state index in [9.17, 15) is 9.90 Å². The lowest BCUT2D eigenvalue weighted by Gasteiger charge is -2.21. The fourth-order valence-electron chi connectivity index (χ4n) is 2.13. The average molecular weight is 297 g/mol. The van der Waals surface area contributed by atoms with Crippen LogP contribution in [0.25, 0.3) is 0 Å². The van der Waals surface area contributed by atoms with Gasteiger partial charge in [-0.1, -0.05) is 29.8 Å². The van der Waals surface area contributed by atoms with E-state index in [2.05, 4.69) is 5.32 Å². The Labute approximate surface area is 124 Å². The third-order valence-corrected chi connectivity index (χ3v) is 3.97. The highest BCUT2D eigenvalue weighted by Crippen LogP contribution is 2.32. The Morgan fingerprint density at radius 3 is 2.85 bits per heavy atom. The number of carbonyl (C=O) groups is 1. The van der Waals surface area contributed by atoms with Gasteiger partial charge in [-0.15, -0.1) is 0 Å². The van der Waals surface area contributed by atoms with Crippen LogP contribution in [0.2, 0.25) is 5.02 Å². The number of rotatable bonds is 6. The van der Waals surface area contributed by atoms with Gasteiger partial charge in [0, 0.05) is 25.2 Å². The number of nitrogens with one attached hydrogen (secondary N) is 1. The molecule has 0 aliphatic heterocycles. The van der Waals surface area contributed by atoms with Crippen molar-refractivity contribution in [1.82, 2.24) is 10.2 Å². The van der Waals surface area contributed by atoms with Gasteiger partial charge in [0.2, 0.25) is 0 Å². The van der Waals surface area contributed by atoms with Gasteiger partial charge in [-0.05, 0) is 36.8 Å². The number of urea groups is 1. The number of amides is 2. The molecule has 1 aromatic rings. The monoisotopic (exact) mass is 296 g/mol. The predicted octanol–water partition coefficient (Wildman–Crippen LogP) is 2.29. The topological polar surface area (TPSA) is 52.6 Å². The number of likely N-dealkylation sites (N-methyl/N-ethyl adjacent to an activating group) is 1. The van der Waals surface area contributed by atoms with Crippen LogP contribution in [0.15, 0.2) is 24.3 Å². The summed E-state index contributed by atoms with van der Waals surface area (Å²) in [5, 5.41) is 13.4. The van der Waals surface area contributed by atoms with E-state index < -0.39 is 6.10 Å². The second kappa shape index (κ2) is 6.95. The summed E-state index contributed by atoms with van der Waals surface area (Å²) in [7, 11) is 1.70. The molecular weight excluding hydrogens is 276 g/mol. The summed E-state index contributed by atoms with van der Waals surface area (Å²) in [5.41, 5.74) is 1.02. The van der Waals surface area contributed by atoms with E-state index in [1.165, 1.54) is 4.90 Å². The largest absolute Gasteiger partial charge is 0.391 e. The summed E-state index contributed by atoms with van der Waals surface area (Å²) in [6, 6.07) is 7.46. The predicted molar refractivity (Wildman–Crippen MR) is 79.9 cm³/mol. The lowest BCUT2D eigenvalue weighted by Crippen LogP contribution is -2.42. The molecule has 1 saturated carbocycles. The van der Waals surface area contributed by atoms with E-state index in [1.807, 2.05) is 24.3 Å². The molecule has 20 heavy (non-hydrogen) atoms. The third kappa shape index (κ3) is 4.39. The van der Waals surface area contributed by atoms with Crippen LogP contribution in [0.5, 0.6) is 0 Å². The van der Waals surface area contributed by atoms with Gasteiger partial charge in [-0.2, -0.15) is 0 Å². The van der Waals surface area contributed by atoms with Gasteiger partial charge in [-0.3, -0.25) is 0 Å².